The molecule has 0 aromatic carbocycles. The summed E-state index contributed by atoms with van der Waals surface area (Å²) in [6, 6.07) is 3.69. The van der Waals surface area contributed by atoms with Crippen LogP contribution in [0.2, 0.25) is 0 Å². The van der Waals surface area contributed by atoms with Crippen LogP contribution in [0.5, 0.6) is 0 Å². The van der Waals surface area contributed by atoms with E-state index in [0.717, 1.165) is 6.42 Å². The molecule has 18 heavy (non-hydrogen) atoms. The number of nitrogen functional groups attached to an aromatic ring is 1. The third-order valence-corrected chi connectivity index (χ3v) is 3.73. The van der Waals surface area contributed by atoms with Crippen LogP contribution >= 0.6 is 0 Å². The second-order valence-electron chi connectivity index (χ2n) is 5.14. The Labute approximate surface area is 108 Å². The maximum Gasteiger partial charge on any atom is 0.272 e. The minimum Gasteiger partial charge on any atom is -0.397 e. The van der Waals surface area contributed by atoms with Gasteiger partial charge in [-0.2, -0.15) is 0 Å². The molecule has 1 heterocycles. The average Bonchev–Trinajstić information content (AvgIpc) is 2.55. The summed E-state index contributed by atoms with van der Waals surface area (Å²) in [6.45, 7) is 2.21. The van der Waals surface area contributed by atoms with Crippen molar-refractivity contribution in [1.82, 2.24) is 10.3 Å². The summed E-state index contributed by atoms with van der Waals surface area (Å²) in [6.07, 6.45) is 7.55. The van der Waals surface area contributed by atoms with E-state index in [0.29, 0.717) is 17.3 Å². The molecule has 1 aromatic heterocycles. The first-order chi connectivity index (χ1) is 8.68. The molecule has 2 rings (SSSR count). The van der Waals surface area contributed by atoms with Gasteiger partial charge in [-0.25, -0.2) is 4.98 Å². The standard InChI is InChI=1S/C14H21N3O/c1-10-6-3-2-4-8-12(10)17-14(18)13-11(15)7-5-9-16-13/h5,7,9-10,12H,2-4,6,8,15H2,1H3,(H,17,18). The van der Waals surface area contributed by atoms with Crippen molar-refractivity contribution in [3.05, 3.63) is 24.0 Å². The predicted molar refractivity (Wildman–Crippen MR) is 72.2 cm³/mol. The molecule has 0 radical (unpaired) electrons. The van der Waals surface area contributed by atoms with Crippen LogP contribution in [0.4, 0.5) is 5.69 Å². The van der Waals surface area contributed by atoms with Crippen molar-refractivity contribution in [2.45, 2.75) is 45.1 Å². The normalized spacial score (nSPS) is 24.3. The average molecular weight is 247 g/mol. The van der Waals surface area contributed by atoms with Crippen LogP contribution in [0.3, 0.4) is 0 Å². The van der Waals surface area contributed by atoms with Crippen molar-refractivity contribution in [3.63, 3.8) is 0 Å². The van der Waals surface area contributed by atoms with Gasteiger partial charge in [0.25, 0.3) is 5.91 Å². The van der Waals surface area contributed by atoms with Gasteiger partial charge in [-0.15, -0.1) is 0 Å². The van der Waals surface area contributed by atoms with Crippen molar-refractivity contribution in [2.75, 3.05) is 5.73 Å². The number of hydrogen-bond acceptors (Lipinski definition) is 3. The lowest BCUT2D eigenvalue weighted by molar-refractivity contribution is 0.0917. The number of aromatic nitrogens is 1. The molecular weight excluding hydrogens is 226 g/mol. The van der Waals surface area contributed by atoms with Gasteiger partial charge in [-0.05, 0) is 30.9 Å². The molecule has 1 aliphatic carbocycles. The van der Waals surface area contributed by atoms with E-state index in [-0.39, 0.29) is 11.9 Å². The molecule has 0 spiro atoms. The zero-order valence-electron chi connectivity index (χ0n) is 10.9. The van der Waals surface area contributed by atoms with E-state index in [2.05, 4.69) is 17.2 Å². The van der Waals surface area contributed by atoms with Gasteiger partial charge < -0.3 is 11.1 Å². The highest BCUT2D eigenvalue weighted by Gasteiger charge is 2.23. The summed E-state index contributed by atoms with van der Waals surface area (Å²) >= 11 is 0. The highest BCUT2D eigenvalue weighted by molar-refractivity contribution is 5.97. The Morgan fingerprint density at radius 1 is 1.39 bits per heavy atom. The molecule has 4 nitrogen and oxygen atoms in total. The zero-order valence-corrected chi connectivity index (χ0v) is 10.9. The van der Waals surface area contributed by atoms with Crippen molar-refractivity contribution in [2.24, 2.45) is 5.92 Å². The van der Waals surface area contributed by atoms with E-state index in [1.807, 2.05) is 0 Å². The number of nitrogens with one attached hydrogen (secondary N) is 1. The number of carbonyl (C=O) groups is 1. The number of pyridine rings is 1. The largest absolute Gasteiger partial charge is 0.397 e. The molecule has 1 aliphatic rings. The van der Waals surface area contributed by atoms with E-state index < -0.39 is 0 Å². The summed E-state index contributed by atoms with van der Waals surface area (Å²) < 4.78 is 0. The Morgan fingerprint density at radius 3 is 2.94 bits per heavy atom. The first kappa shape index (κ1) is 12.9. The molecule has 1 fully saturated rings. The first-order valence-corrected chi connectivity index (χ1v) is 6.70. The summed E-state index contributed by atoms with van der Waals surface area (Å²) in [5, 5.41) is 3.08. The van der Waals surface area contributed by atoms with Gasteiger partial charge in [0, 0.05) is 12.2 Å². The van der Waals surface area contributed by atoms with Gasteiger partial charge in [0.1, 0.15) is 0 Å². The molecule has 2 atom stereocenters. The quantitative estimate of drug-likeness (QED) is 0.788. The lowest BCUT2D eigenvalue weighted by Crippen LogP contribution is -2.39. The van der Waals surface area contributed by atoms with Gasteiger partial charge >= 0.3 is 0 Å². The van der Waals surface area contributed by atoms with Gasteiger partial charge in [-0.1, -0.05) is 26.2 Å². The monoisotopic (exact) mass is 247 g/mol. The van der Waals surface area contributed by atoms with Crippen molar-refractivity contribution in [3.8, 4) is 0 Å². The maximum absolute atomic E-state index is 12.1. The summed E-state index contributed by atoms with van der Waals surface area (Å²) in [5.74, 6) is 0.383. The van der Waals surface area contributed by atoms with Crippen LogP contribution < -0.4 is 11.1 Å². The van der Waals surface area contributed by atoms with Crippen molar-refractivity contribution < 1.29 is 4.79 Å². The van der Waals surface area contributed by atoms with Crippen molar-refractivity contribution in [1.29, 1.82) is 0 Å². The third-order valence-electron chi connectivity index (χ3n) is 3.73. The summed E-state index contributed by atoms with van der Waals surface area (Å²) in [5.41, 5.74) is 6.55. The minimum atomic E-state index is -0.146. The number of hydrogen-bond donors (Lipinski definition) is 2. The Kier molecular flexibility index (Phi) is 4.18. The molecule has 2 unspecified atom stereocenters. The lowest BCUT2D eigenvalue weighted by Gasteiger charge is -2.22. The number of nitrogens with zero attached hydrogens (tertiary/aromatic N) is 1. The molecule has 4 heteroatoms. The van der Waals surface area contributed by atoms with Crippen LogP contribution in [-0.2, 0) is 0 Å². The first-order valence-electron chi connectivity index (χ1n) is 6.70. The number of amides is 1. The van der Waals surface area contributed by atoms with Gasteiger partial charge in [-0.3, -0.25) is 4.79 Å². The van der Waals surface area contributed by atoms with Crippen LogP contribution in [0, 0.1) is 5.92 Å². The number of nitrogens with two attached hydrogens (primary N) is 1. The van der Waals surface area contributed by atoms with E-state index in [1.165, 1.54) is 25.7 Å². The Balaban J connectivity index is 2.04. The molecule has 1 aromatic rings. The lowest BCUT2D eigenvalue weighted by atomic mass is 9.97. The van der Waals surface area contributed by atoms with Crippen molar-refractivity contribution >= 4 is 11.6 Å². The van der Waals surface area contributed by atoms with Crippen LogP contribution in [0.25, 0.3) is 0 Å². The van der Waals surface area contributed by atoms with Crippen LogP contribution in [0.1, 0.15) is 49.5 Å². The second kappa shape index (κ2) is 5.85. The van der Waals surface area contributed by atoms with E-state index in [9.17, 15) is 4.79 Å². The zero-order chi connectivity index (χ0) is 13.0. The van der Waals surface area contributed by atoms with Gasteiger partial charge in [0.2, 0.25) is 0 Å². The van der Waals surface area contributed by atoms with E-state index in [1.54, 1.807) is 18.3 Å². The molecule has 1 saturated carbocycles. The SMILES string of the molecule is CC1CCCCCC1NC(=O)c1ncccc1N. The fourth-order valence-corrected chi connectivity index (χ4v) is 2.55. The Hall–Kier alpha value is -1.58. The Bertz CT molecular complexity index is 419. The number of rotatable bonds is 2. The maximum atomic E-state index is 12.1. The minimum absolute atomic E-state index is 0.146. The molecule has 1 amide bonds. The second-order valence-corrected chi connectivity index (χ2v) is 5.14. The fraction of sp³-hybridized carbons (Fsp3) is 0.571. The summed E-state index contributed by atoms with van der Waals surface area (Å²) in [4.78, 5) is 16.2. The predicted octanol–water partition coefficient (Wildman–Crippen LogP) is 2.36. The number of anilines is 1. The Morgan fingerprint density at radius 2 is 2.17 bits per heavy atom. The third kappa shape index (κ3) is 3.00. The highest BCUT2D eigenvalue weighted by atomic mass is 16.2. The fourth-order valence-electron chi connectivity index (χ4n) is 2.55. The molecule has 0 saturated heterocycles. The van der Waals surface area contributed by atoms with E-state index >= 15 is 0 Å². The van der Waals surface area contributed by atoms with Gasteiger partial charge in [0.05, 0.1) is 5.69 Å². The van der Waals surface area contributed by atoms with Gasteiger partial charge in [0.15, 0.2) is 5.69 Å². The molecule has 0 aliphatic heterocycles. The molecule has 98 valence electrons. The molecule has 0 bridgehead atoms. The smallest absolute Gasteiger partial charge is 0.272 e. The highest BCUT2D eigenvalue weighted by Crippen LogP contribution is 2.23. The number of carbonyl (C=O) groups excluding carboxylic acids is 1. The molecular formula is C14H21N3O. The van der Waals surface area contributed by atoms with E-state index in [4.69, 9.17) is 5.73 Å². The topological polar surface area (TPSA) is 68.0 Å². The summed E-state index contributed by atoms with van der Waals surface area (Å²) in [7, 11) is 0. The van der Waals surface area contributed by atoms with Crippen LogP contribution in [-0.4, -0.2) is 16.9 Å². The molecule has 3 N–H and O–H groups in total. The van der Waals surface area contributed by atoms with Crippen LogP contribution in [0.15, 0.2) is 18.3 Å².